The van der Waals surface area contributed by atoms with Gasteiger partial charge in [0.25, 0.3) is 0 Å². The van der Waals surface area contributed by atoms with Gasteiger partial charge in [0, 0.05) is 19.0 Å². The van der Waals surface area contributed by atoms with E-state index in [4.69, 9.17) is 4.74 Å². The van der Waals surface area contributed by atoms with Crippen molar-refractivity contribution in [1.29, 1.82) is 0 Å². The van der Waals surface area contributed by atoms with Crippen molar-refractivity contribution in [3.8, 4) is 5.69 Å². The summed E-state index contributed by atoms with van der Waals surface area (Å²) in [6.07, 6.45) is 2.34. The second kappa shape index (κ2) is 8.71. The lowest BCUT2D eigenvalue weighted by Gasteiger charge is -2.15. The quantitative estimate of drug-likeness (QED) is 0.374. The number of hydrogen-bond donors (Lipinski definition) is 1. The van der Waals surface area contributed by atoms with Crippen LogP contribution in [-0.4, -0.2) is 25.7 Å². The topological polar surface area (TPSA) is 86.3 Å². The average molecular weight is 424 g/mol. The van der Waals surface area contributed by atoms with E-state index in [9.17, 15) is 9.18 Å². The first kappa shape index (κ1) is 20.8. The summed E-state index contributed by atoms with van der Waals surface area (Å²) in [6.45, 7) is 4.14. The fourth-order valence-electron chi connectivity index (χ4n) is 3.76. The van der Waals surface area contributed by atoms with E-state index in [2.05, 4.69) is 21.0 Å². The van der Waals surface area contributed by atoms with Crippen LogP contribution in [0.15, 0.2) is 46.3 Å². The van der Waals surface area contributed by atoms with Crippen LogP contribution >= 0.6 is 0 Å². The highest BCUT2D eigenvalue weighted by Gasteiger charge is 2.22. The second-order valence-electron chi connectivity index (χ2n) is 7.58. The van der Waals surface area contributed by atoms with Crippen molar-refractivity contribution >= 4 is 5.90 Å². The van der Waals surface area contributed by atoms with E-state index in [0.717, 1.165) is 35.1 Å². The van der Waals surface area contributed by atoms with Crippen LogP contribution in [0.5, 0.6) is 0 Å². The number of halogens is 1. The van der Waals surface area contributed by atoms with Gasteiger partial charge in [-0.2, -0.15) is 9.36 Å². The number of fused-ring (bicyclic) bond motifs is 1. The lowest BCUT2D eigenvalue weighted by molar-refractivity contribution is 0.278. The van der Waals surface area contributed by atoms with Crippen LogP contribution in [-0.2, 0) is 24.8 Å². The fraction of sp³-hybridized carbons (Fsp3) is 0.364. The molecular weight excluding hydrogens is 399 g/mol. The van der Waals surface area contributed by atoms with Gasteiger partial charge in [-0.05, 0) is 65.1 Å². The van der Waals surface area contributed by atoms with Crippen LogP contribution in [0.2, 0.25) is 0 Å². The van der Waals surface area contributed by atoms with Crippen molar-refractivity contribution in [2.24, 2.45) is 12.1 Å². The van der Waals surface area contributed by atoms with Gasteiger partial charge in [-0.25, -0.2) is 9.18 Å². The highest BCUT2D eigenvalue weighted by molar-refractivity contribution is 5.75. The number of nitrogens with zero attached hydrogens (tertiary/aromatic N) is 5. The Kier molecular flexibility index (Phi) is 5.83. The third kappa shape index (κ3) is 4.21. The lowest BCUT2D eigenvalue weighted by atomic mass is 10.1. The summed E-state index contributed by atoms with van der Waals surface area (Å²) in [5, 5.41) is 12.2. The first-order valence-electron chi connectivity index (χ1n) is 10.3. The molecule has 0 fully saturated rings. The molecule has 1 unspecified atom stereocenters. The normalized spacial score (nSPS) is 15.7. The van der Waals surface area contributed by atoms with Gasteiger partial charge >= 0.3 is 5.69 Å². The first-order valence-corrected chi connectivity index (χ1v) is 10.3. The number of tetrazole rings is 1. The molecule has 2 aromatic carbocycles. The lowest BCUT2D eigenvalue weighted by Crippen LogP contribution is -2.23. The van der Waals surface area contributed by atoms with Gasteiger partial charge in [-0.1, -0.05) is 25.1 Å². The van der Waals surface area contributed by atoms with E-state index in [1.807, 2.05) is 38.1 Å². The number of benzene rings is 2. The zero-order valence-corrected chi connectivity index (χ0v) is 17.8. The summed E-state index contributed by atoms with van der Waals surface area (Å²) in [5.74, 6) is 0.292. The van der Waals surface area contributed by atoms with Crippen LogP contribution in [0.25, 0.3) is 5.69 Å². The molecule has 1 atom stereocenters. The SMILES string of the molecule is CC/C(=N/NC1CCc2ccc(F)cc21)OCc1c(C)cccc1-n1nnn(C)c1=O. The molecule has 162 valence electrons. The van der Waals surface area contributed by atoms with Crippen LogP contribution in [0.3, 0.4) is 0 Å². The average Bonchev–Trinajstić information content (AvgIpc) is 3.31. The van der Waals surface area contributed by atoms with Crippen molar-refractivity contribution in [1.82, 2.24) is 25.2 Å². The van der Waals surface area contributed by atoms with E-state index in [-0.39, 0.29) is 24.2 Å². The molecule has 0 saturated carbocycles. The Balaban J connectivity index is 1.51. The maximum atomic E-state index is 13.6. The van der Waals surface area contributed by atoms with Gasteiger partial charge in [0.1, 0.15) is 12.4 Å². The molecule has 31 heavy (non-hydrogen) atoms. The maximum absolute atomic E-state index is 13.6. The van der Waals surface area contributed by atoms with Gasteiger partial charge < -0.3 is 4.74 Å². The van der Waals surface area contributed by atoms with Crippen LogP contribution in [0, 0.1) is 12.7 Å². The van der Waals surface area contributed by atoms with E-state index in [1.165, 1.54) is 15.4 Å². The second-order valence-corrected chi connectivity index (χ2v) is 7.58. The smallest absolute Gasteiger partial charge is 0.368 e. The van der Waals surface area contributed by atoms with E-state index in [1.54, 1.807) is 13.1 Å². The number of hydrogen-bond acceptors (Lipinski definition) is 6. The number of ether oxygens (including phenoxy) is 1. The van der Waals surface area contributed by atoms with Crippen LogP contribution in [0.1, 0.15) is 48.1 Å². The maximum Gasteiger partial charge on any atom is 0.368 e. The molecule has 0 saturated heterocycles. The summed E-state index contributed by atoms with van der Waals surface area (Å²) in [6, 6.07) is 10.5. The molecule has 4 rings (SSSR count). The largest absolute Gasteiger partial charge is 0.475 e. The molecule has 1 N–H and O–H groups in total. The van der Waals surface area contributed by atoms with E-state index < -0.39 is 0 Å². The van der Waals surface area contributed by atoms with Crippen LogP contribution in [0.4, 0.5) is 4.39 Å². The number of aryl methyl sites for hydroxylation is 3. The van der Waals surface area contributed by atoms with Gasteiger partial charge in [-0.15, -0.1) is 5.10 Å². The monoisotopic (exact) mass is 424 g/mol. The van der Waals surface area contributed by atoms with Gasteiger partial charge in [0.15, 0.2) is 0 Å². The molecule has 0 amide bonds. The molecule has 1 aromatic heterocycles. The minimum atomic E-state index is -0.329. The fourth-order valence-corrected chi connectivity index (χ4v) is 3.76. The number of rotatable bonds is 6. The Bertz CT molecular complexity index is 1180. The molecular formula is C22H25FN6O2. The number of hydrazone groups is 1. The summed E-state index contributed by atoms with van der Waals surface area (Å²) < 4.78 is 22.1. The van der Waals surface area contributed by atoms with E-state index >= 15 is 0 Å². The molecule has 0 radical (unpaired) electrons. The molecule has 1 aliphatic rings. The Morgan fingerprint density at radius 1 is 1.32 bits per heavy atom. The van der Waals surface area contributed by atoms with E-state index in [0.29, 0.717) is 18.0 Å². The molecule has 9 heteroatoms. The van der Waals surface area contributed by atoms with Crippen LogP contribution < -0.4 is 11.1 Å². The summed E-state index contributed by atoms with van der Waals surface area (Å²) >= 11 is 0. The first-order chi connectivity index (χ1) is 15.0. The van der Waals surface area contributed by atoms with Gasteiger partial charge in [-0.3, -0.25) is 5.43 Å². The molecule has 0 spiro atoms. The summed E-state index contributed by atoms with van der Waals surface area (Å²) in [7, 11) is 1.55. The number of aromatic nitrogens is 4. The van der Waals surface area contributed by atoms with Crippen molar-refractivity contribution in [3.63, 3.8) is 0 Å². The molecule has 0 bridgehead atoms. The highest BCUT2D eigenvalue weighted by Crippen LogP contribution is 2.31. The minimum absolute atomic E-state index is 0.0388. The predicted molar refractivity (Wildman–Crippen MR) is 114 cm³/mol. The Hall–Kier alpha value is -3.49. The minimum Gasteiger partial charge on any atom is -0.475 e. The number of nitrogens with one attached hydrogen (secondary N) is 1. The molecule has 1 heterocycles. The molecule has 0 aliphatic heterocycles. The molecule has 8 nitrogen and oxygen atoms in total. The Labute approximate surface area is 179 Å². The summed E-state index contributed by atoms with van der Waals surface area (Å²) in [5.41, 5.74) is 7.33. The van der Waals surface area contributed by atoms with Crippen molar-refractivity contribution < 1.29 is 9.13 Å². The Morgan fingerprint density at radius 3 is 2.90 bits per heavy atom. The van der Waals surface area contributed by atoms with Crippen molar-refractivity contribution in [2.45, 2.75) is 45.8 Å². The zero-order chi connectivity index (χ0) is 22.0. The third-order valence-electron chi connectivity index (χ3n) is 5.55. The zero-order valence-electron chi connectivity index (χ0n) is 17.8. The summed E-state index contributed by atoms with van der Waals surface area (Å²) in [4.78, 5) is 12.3. The third-order valence-corrected chi connectivity index (χ3v) is 5.55. The molecule has 3 aromatic rings. The van der Waals surface area contributed by atoms with Crippen molar-refractivity contribution in [2.75, 3.05) is 0 Å². The standard InChI is InChI=1S/C22H25FN6O2/c1-4-21(25-24-19-11-9-15-8-10-16(23)12-17(15)19)31-13-18-14(2)6-5-7-20(18)29-22(30)28(3)26-27-29/h5-8,10,12,19,24H,4,9,11,13H2,1-3H3/b25-21-. The predicted octanol–water partition coefficient (Wildman–Crippen LogP) is 2.93. The highest BCUT2D eigenvalue weighted by atomic mass is 19.1. The van der Waals surface area contributed by atoms with Crippen molar-refractivity contribution in [3.05, 3.63) is 75.0 Å². The Morgan fingerprint density at radius 2 is 2.16 bits per heavy atom. The van der Waals surface area contributed by atoms with Gasteiger partial charge in [0.2, 0.25) is 5.90 Å². The molecule has 1 aliphatic carbocycles. The van der Waals surface area contributed by atoms with Gasteiger partial charge in [0.05, 0.1) is 11.7 Å².